The number of esters is 1. The molecule has 0 bridgehead atoms. The van der Waals surface area contributed by atoms with E-state index in [2.05, 4.69) is 31.1 Å². The van der Waals surface area contributed by atoms with Crippen LogP contribution in [0.3, 0.4) is 0 Å². The number of carbonyl (C=O) groups excluding carboxylic acids is 1. The minimum Gasteiger partial charge on any atom is -0.465 e. The molecule has 0 radical (unpaired) electrons. The first kappa shape index (κ1) is 14.5. The van der Waals surface area contributed by atoms with Gasteiger partial charge in [-0.3, -0.25) is 4.79 Å². The minimum absolute atomic E-state index is 0.132. The van der Waals surface area contributed by atoms with E-state index in [0.717, 1.165) is 6.54 Å². The van der Waals surface area contributed by atoms with Gasteiger partial charge in [0.15, 0.2) is 0 Å². The van der Waals surface area contributed by atoms with Crippen molar-refractivity contribution in [2.45, 2.75) is 58.2 Å². The van der Waals surface area contributed by atoms with Gasteiger partial charge in [0.25, 0.3) is 0 Å². The second-order valence-electron chi connectivity index (χ2n) is 5.15. The molecule has 0 spiro atoms. The van der Waals surface area contributed by atoms with E-state index in [1.807, 2.05) is 6.92 Å². The van der Waals surface area contributed by atoms with Gasteiger partial charge in [0.05, 0.1) is 6.61 Å². The Morgan fingerprint density at radius 2 is 2.12 bits per heavy atom. The first-order valence-corrected chi connectivity index (χ1v) is 6.67. The van der Waals surface area contributed by atoms with Gasteiger partial charge >= 0.3 is 5.97 Å². The Kier molecular flexibility index (Phi) is 5.92. The van der Waals surface area contributed by atoms with Gasteiger partial charge in [-0.05, 0) is 26.8 Å². The molecule has 1 aliphatic carbocycles. The van der Waals surface area contributed by atoms with Crippen LogP contribution >= 0.6 is 0 Å². The third-order valence-electron chi connectivity index (χ3n) is 3.27. The van der Waals surface area contributed by atoms with Crippen molar-refractivity contribution in [3.63, 3.8) is 0 Å². The van der Waals surface area contributed by atoms with Crippen LogP contribution in [0.4, 0.5) is 0 Å². The van der Waals surface area contributed by atoms with Gasteiger partial charge in [0.1, 0.15) is 6.04 Å². The van der Waals surface area contributed by atoms with E-state index in [0.29, 0.717) is 18.7 Å². The maximum absolute atomic E-state index is 11.8. The van der Waals surface area contributed by atoms with Crippen LogP contribution in [0.2, 0.25) is 0 Å². The topological polar surface area (TPSA) is 41.6 Å². The number of carbonyl (C=O) groups is 1. The Hall–Kier alpha value is -0.610. The maximum atomic E-state index is 11.8. The lowest BCUT2D eigenvalue weighted by atomic mass is 9.91. The maximum Gasteiger partial charge on any atom is 0.324 e. The molecule has 0 heterocycles. The predicted molar refractivity (Wildman–Crippen MR) is 69.0 cm³/mol. The van der Waals surface area contributed by atoms with Crippen molar-refractivity contribution in [2.24, 2.45) is 0 Å². The van der Waals surface area contributed by atoms with Crippen molar-refractivity contribution in [3.05, 3.63) is 0 Å². The van der Waals surface area contributed by atoms with Crippen molar-refractivity contribution >= 4 is 5.97 Å². The second-order valence-corrected chi connectivity index (χ2v) is 5.15. The van der Waals surface area contributed by atoms with E-state index in [4.69, 9.17) is 4.74 Å². The van der Waals surface area contributed by atoms with Gasteiger partial charge < -0.3 is 15.0 Å². The number of rotatable bonds is 7. The lowest BCUT2D eigenvalue weighted by Crippen LogP contribution is -2.51. The summed E-state index contributed by atoms with van der Waals surface area (Å²) >= 11 is 0. The van der Waals surface area contributed by atoms with Crippen LogP contribution in [-0.4, -0.2) is 49.2 Å². The summed E-state index contributed by atoms with van der Waals surface area (Å²) in [4.78, 5) is 14.1. The molecule has 1 unspecified atom stereocenters. The molecule has 100 valence electrons. The lowest BCUT2D eigenvalue weighted by molar-refractivity contribution is -0.146. The van der Waals surface area contributed by atoms with Gasteiger partial charge in [-0.1, -0.05) is 20.3 Å². The third-order valence-corrected chi connectivity index (χ3v) is 3.27. The van der Waals surface area contributed by atoms with Crippen molar-refractivity contribution < 1.29 is 9.53 Å². The number of hydrogen-bond donors (Lipinski definition) is 1. The Balaban J connectivity index is 2.46. The molecule has 1 rings (SSSR count). The Labute approximate surface area is 105 Å². The number of hydrogen-bond acceptors (Lipinski definition) is 4. The van der Waals surface area contributed by atoms with Crippen molar-refractivity contribution in [3.8, 4) is 0 Å². The zero-order chi connectivity index (χ0) is 12.8. The molecule has 0 saturated heterocycles. The highest BCUT2D eigenvalue weighted by atomic mass is 16.5. The van der Waals surface area contributed by atoms with Crippen LogP contribution in [0.15, 0.2) is 0 Å². The Bertz CT molecular complexity index is 240. The zero-order valence-corrected chi connectivity index (χ0v) is 11.5. The summed E-state index contributed by atoms with van der Waals surface area (Å²) < 4.78 is 5.11. The number of ether oxygens (including phenoxy) is 1. The molecule has 17 heavy (non-hydrogen) atoms. The fraction of sp³-hybridized carbons (Fsp3) is 0.923. The van der Waals surface area contributed by atoms with Crippen LogP contribution in [0.25, 0.3) is 0 Å². The van der Waals surface area contributed by atoms with Crippen molar-refractivity contribution in [1.82, 2.24) is 10.2 Å². The molecule has 0 aromatic rings. The van der Waals surface area contributed by atoms with Gasteiger partial charge in [0.2, 0.25) is 0 Å². The average molecular weight is 242 g/mol. The molecule has 1 N–H and O–H groups in total. The van der Waals surface area contributed by atoms with Gasteiger partial charge in [0, 0.05) is 18.6 Å². The summed E-state index contributed by atoms with van der Waals surface area (Å²) in [5, 5.41) is 3.28. The zero-order valence-electron chi connectivity index (χ0n) is 11.5. The smallest absolute Gasteiger partial charge is 0.324 e. The van der Waals surface area contributed by atoms with E-state index in [9.17, 15) is 4.79 Å². The molecule has 1 atom stereocenters. The summed E-state index contributed by atoms with van der Waals surface area (Å²) in [5.74, 6) is -0.132. The normalized spacial score (nSPS) is 18.2. The first-order valence-electron chi connectivity index (χ1n) is 6.67. The molecule has 1 fully saturated rings. The highest BCUT2D eigenvalue weighted by Gasteiger charge is 2.27. The second kappa shape index (κ2) is 6.97. The summed E-state index contributed by atoms with van der Waals surface area (Å²) in [6, 6.07) is 0.737. The molecular formula is C13H26N2O2. The monoisotopic (exact) mass is 242 g/mol. The highest BCUT2D eigenvalue weighted by Crippen LogP contribution is 2.23. The summed E-state index contributed by atoms with van der Waals surface area (Å²) in [5.41, 5.74) is 0. The number of nitrogens with one attached hydrogen (secondary N) is 1. The average Bonchev–Trinajstić information content (AvgIpc) is 2.13. The lowest BCUT2D eigenvalue weighted by Gasteiger charge is -2.36. The SMILES string of the molecule is CCOC(=O)C(CN(C)C1CCC1)NC(C)C. The Morgan fingerprint density at radius 1 is 1.47 bits per heavy atom. The van der Waals surface area contributed by atoms with E-state index in [-0.39, 0.29) is 12.0 Å². The summed E-state index contributed by atoms with van der Waals surface area (Å²) in [7, 11) is 2.10. The highest BCUT2D eigenvalue weighted by molar-refractivity contribution is 5.76. The predicted octanol–water partition coefficient (Wildman–Crippen LogP) is 1.40. The molecule has 0 aromatic heterocycles. The fourth-order valence-corrected chi connectivity index (χ4v) is 2.11. The fourth-order valence-electron chi connectivity index (χ4n) is 2.11. The first-order chi connectivity index (χ1) is 8.04. The van der Waals surface area contributed by atoms with Crippen LogP contribution in [-0.2, 0) is 9.53 Å². The quantitative estimate of drug-likeness (QED) is 0.685. The van der Waals surface area contributed by atoms with Crippen LogP contribution in [0.5, 0.6) is 0 Å². The molecule has 0 aromatic carbocycles. The van der Waals surface area contributed by atoms with E-state index >= 15 is 0 Å². The molecular weight excluding hydrogens is 216 g/mol. The molecule has 0 amide bonds. The number of nitrogens with zero attached hydrogens (tertiary/aromatic N) is 1. The third kappa shape index (κ3) is 4.64. The molecule has 1 aliphatic rings. The largest absolute Gasteiger partial charge is 0.465 e. The van der Waals surface area contributed by atoms with E-state index < -0.39 is 0 Å². The van der Waals surface area contributed by atoms with Gasteiger partial charge in [-0.2, -0.15) is 0 Å². The van der Waals surface area contributed by atoms with E-state index in [1.54, 1.807) is 0 Å². The van der Waals surface area contributed by atoms with Gasteiger partial charge in [-0.15, -0.1) is 0 Å². The Morgan fingerprint density at radius 3 is 2.53 bits per heavy atom. The summed E-state index contributed by atoms with van der Waals surface area (Å²) in [6.07, 6.45) is 3.83. The molecule has 4 nitrogen and oxygen atoms in total. The van der Waals surface area contributed by atoms with Crippen LogP contribution < -0.4 is 5.32 Å². The molecule has 1 saturated carbocycles. The molecule has 4 heteroatoms. The van der Waals surface area contributed by atoms with Gasteiger partial charge in [-0.25, -0.2) is 0 Å². The molecule has 0 aliphatic heterocycles. The minimum atomic E-state index is -0.208. The van der Waals surface area contributed by atoms with Crippen LogP contribution in [0, 0.1) is 0 Å². The number of likely N-dealkylation sites (N-methyl/N-ethyl adjacent to an activating group) is 1. The van der Waals surface area contributed by atoms with Crippen molar-refractivity contribution in [2.75, 3.05) is 20.2 Å². The van der Waals surface area contributed by atoms with E-state index in [1.165, 1.54) is 19.3 Å². The van der Waals surface area contributed by atoms with Crippen molar-refractivity contribution in [1.29, 1.82) is 0 Å². The standard InChI is InChI=1S/C13H26N2O2/c1-5-17-13(16)12(14-10(2)3)9-15(4)11-7-6-8-11/h10-12,14H,5-9H2,1-4H3. The van der Waals surface area contributed by atoms with Crippen LogP contribution in [0.1, 0.15) is 40.0 Å². The summed E-state index contributed by atoms with van der Waals surface area (Å²) in [6.45, 7) is 7.13.